The number of anilines is 1. The van der Waals surface area contributed by atoms with Crippen LogP contribution in [0.15, 0.2) is 40.9 Å². The van der Waals surface area contributed by atoms with Crippen LogP contribution < -0.4 is 10.5 Å². The van der Waals surface area contributed by atoms with Crippen LogP contribution in [-0.4, -0.2) is 0 Å². The van der Waals surface area contributed by atoms with Crippen molar-refractivity contribution in [3.63, 3.8) is 0 Å². The van der Waals surface area contributed by atoms with E-state index in [2.05, 4.69) is 15.9 Å². The third-order valence-electron chi connectivity index (χ3n) is 2.27. The quantitative estimate of drug-likeness (QED) is 0.858. The summed E-state index contributed by atoms with van der Waals surface area (Å²) < 4.78 is 19.0. The van der Waals surface area contributed by atoms with Crippen molar-refractivity contribution in [1.29, 1.82) is 5.26 Å². The van der Waals surface area contributed by atoms with Gasteiger partial charge in [0, 0.05) is 6.07 Å². The van der Waals surface area contributed by atoms with E-state index in [-0.39, 0.29) is 5.82 Å². The Morgan fingerprint density at radius 2 is 2.00 bits per heavy atom. The maximum absolute atomic E-state index is 12.9. The molecule has 0 heterocycles. The molecule has 2 aromatic rings. The number of ether oxygens (including phenoxy) is 1. The third-order valence-corrected chi connectivity index (χ3v) is 2.88. The van der Waals surface area contributed by atoms with Crippen LogP contribution in [-0.2, 0) is 0 Å². The second kappa shape index (κ2) is 5.07. The Balaban J connectivity index is 2.29. The summed E-state index contributed by atoms with van der Waals surface area (Å²) in [5.41, 5.74) is 6.40. The molecule has 0 radical (unpaired) electrons. The fraction of sp³-hybridized carbons (Fsp3) is 0. The molecule has 0 aliphatic carbocycles. The Labute approximate surface area is 112 Å². The molecule has 90 valence electrons. The summed E-state index contributed by atoms with van der Waals surface area (Å²) >= 11 is 3.20. The summed E-state index contributed by atoms with van der Waals surface area (Å²) in [5, 5.41) is 8.75. The van der Waals surface area contributed by atoms with Gasteiger partial charge in [-0.25, -0.2) is 4.39 Å². The van der Waals surface area contributed by atoms with Gasteiger partial charge in [-0.2, -0.15) is 5.26 Å². The molecule has 18 heavy (non-hydrogen) atoms. The number of benzene rings is 2. The predicted octanol–water partition coefficient (Wildman–Crippen LogP) is 3.83. The molecule has 0 amide bonds. The molecular formula is C13H8BrFN2O. The Morgan fingerprint density at radius 3 is 2.61 bits per heavy atom. The van der Waals surface area contributed by atoms with Crippen molar-refractivity contribution in [3.05, 3.63) is 52.3 Å². The van der Waals surface area contributed by atoms with Gasteiger partial charge in [0.05, 0.1) is 15.7 Å². The largest absolute Gasteiger partial charge is 0.456 e. The van der Waals surface area contributed by atoms with E-state index in [9.17, 15) is 4.39 Å². The zero-order valence-corrected chi connectivity index (χ0v) is 10.7. The van der Waals surface area contributed by atoms with Gasteiger partial charge in [0.1, 0.15) is 23.4 Å². The molecule has 0 atom stereocenters. The van der Waals surface area contributed by atoms with Gasteiger partial charge in [-0.15, -0.1) is 0 Å². The maximum atomic E-state index is 12.9. The zero-order chi connectivity index (χ0) is 13.1. The number of nitrogen functional groups attached to an aromatic ring is 1. The van der Waals surface area contributed by atoms with E-state index in [1.807, 2.05) is 6.07 Å². The molecule has 5 heteroatoms. The van der Waals surface area contributed by atoms with Gasteiger partial charge in [-0.3, -0.25) is 0 Å². The molecule has 2 N–H and O–H groups in total. The SMILES string of the molecule is N#Cc1ccc(Oc2ccc(F)cc2Br)cc1N. The second-order valence-corrected chi connectivity index (χ2v) is 4.39. The van der Waals surface area contributed by atoms with Gasteiger partial charge in [0.2, 0.25) is 0 Å². The average Bonchev–Trinajstić information content (AvgIpc) is 2.33. The molecule has 0 aliphatic rings. The van der Waals surface area contributed by atoms with Gasteiger partial charge in [0.25, 0.3) is 0 Å². The minimum atomic E-state index is -0.353. The van der Waals surface area contributed by atoms with E-state index >= 15 is 0 Å². The lowest BCUT2D eigenvalue weighted by molar-refractivity contribution is 0.477. The standard InChI is InChI=1S/C13H8BrFN2O/c14-11-5-9(15)2-4-13(11)18-10-3-1-8(7-16)12(17)6-10/h1-6H,17H2. The maximum Gasteiger partial charge on any atom is 0.141 e. The van der Waals surface area contributed by atoms with Crippen LogP contribution >= 0.6 is 15.9 Å². The molecule has 0 aromatic heterocycles. The van der Waals surface area contributed by atoms with E-state index in [1.54, 1.807) is 18.2 Å². The first-order valence-corrected chi connectivity index (χ1v) is 5.82. The third kappa shape index (κ3) is 2.60. The van der Waals surface area contributed by atoms with Crippen molar-refractivity contribution in [2.24, 2.45) is 0 Å². The monoisotopic (exact) mass is 306 g/mol. The zero-order valence-electron chi connectivity index (χ0n) is 9.15. The number of nitriles is 1. The molecule has 0 fully saturated rings. The summed E-state index contributed by atoms with van der Waals surface area (Å²) in [6.07, 6.45) is 0. The fourth-order valence-corrected chi connectivity index (χ4v) is 1.82. The van der Waals surface area contributed by atoms with Crippen molar-refractivity contribution in [3.8, 4) is 17.6 Å². The molecule has 3 nitrogen and oxygen atoms in total. The van der Waals surface area contributed by atoms with Crippen molar-refractivity contribution in [2.45, 2.75) is 0 Å². The number of hydrogen-bond donors (Lipinski definition) is 1. The van der Waals surface area contributed by atoms with E-state index in [4.69, 9.17) is 15.7 Å². The van der Waals surface area contributed by atoms with Crippen LogP contribution in [0.25, 0.3) is 0 Å². The van der Waals surface area contributed by atoms with Crippen molar-refractivity contribution < 1.29 is 9.13 Å². The van der Waals surface area contributed by atoms with E-state index in [0.29, 0.717) is 27.2 Å². The molecular weight excluding hydrogens is 299 g/mol. The van der Waals surface area contributed by atoms with E-state index < -0.39 is 0 Å². The number of nitrogens with zero attached hydrogens (tertiary/aromatic N) is 1. The second-order valence-electron chi connectivity index (χ2n) is 3.54. The molecule has 0 saturated heterocycles. The highest BCUT2D eigenvalue weighted by Crippen LogP contribution is 2.31. The van der Waals surface area contributed by atoms with Gasteiger partial charge >= 0.3 is 0 Å². The lowest BCUT2D eigenvalue weighted by atomic mass is 10.2. The van der Waals surface area contributed by atoms with Crippen molar-refractivity contribution in [2.75, 3.05) is 5.73 Å². The number of halogens is 2. The summed E-state index contributed by atoms with van der Waals surface area (Å²) in [6.45, 7) is 0. The number of nitrogens with two attached hydrogens (primary N) is 1. The lowest BCUT2D eigenvalue weighted by Crippen LogP contribution is -1.92. The molecule has 0 unspecified atom stereocenters. The summed E-state index contributed by atoms with van der Waals surface area (Å²) in [5.74, 6) is 0.605. The van der Waals surface area contributed by atoms with Crippen LogP contribution in [0, 0.1) is 17.1 Å². The Morgan fingerprint density at radius 1 is 1.22 bits per heavy atom. The highest BCUT2D eigenvalue weighted by Gasteiger charge is 2.06. The van der Waals surface area contributed by atoms with Gasteiger partial charge in [0.15, 0.2) is 0 Å². The smallest absolute Gasteiger partial charge is 0.141 e. The fourth-order valence-electron chi connectivity index (χ4n) is 1.39. The van der Waals surface area contributed by atoms with Crippen LogP contribution in [0.5, 0.6) is 11.5 Å². The highest BCUT2D eigenvalue weighted by atomic mass is 79.9. The molecule has 2 rings (SSSR count). The van der Waals surface area contributed by atoms with Gasteiger partial charge in [-0.1, -0.05) is 0 Å². The first kappa shape index (κ1) is 12.4. The topological polar surface area (TPSA) is 59.0 Å². The van der Waals surface area contributed by atoms with Gasteiger partial charge < -0.3 is 10.5 Å². The van der Waals surface area contributed by atoms with Crippen molar-refractivity contribution >= 4 is 21.6 Å². The van der Waals surface area contributed by atoms with Crippen molar-refractivity contribution in [1.82, 2.24) is 0 Å². The minimum Gasteiger partial charge on any atom is -0.456 e. The first-order chi connectivity index (χ1) is 8.60. The highest BCUT2D eigenvalue weighted by molar-refractivity contribution is 9.10. The molecule has 0 aliphatic heterocycles. The summed E-state index contributed by atoms with van der Waals surface area (Å²) in [7, 11) is 0. The lowest BCUT2D eigenvalue weighted by Gasteiger charge is -2.08. The normalized spacial score (nSPS) is 9.83. The predicted molar refractivity (Wildman–Crippen MR) is 69.7 cm³/mol. The molecule has 0 saturated carbocycles. The van der Waals surface area contributed by atoms with Crippen LogP contribution in [0.4, 0.5) is 10.1 Å². The molecule has 0 spiro atoms. The Kier molecular flexibility index (Phi) is 3.49. The van der Waals surface area contributed by atoms with Crippen LogP contribution in [0.1, 0.15) is 5.56 Å². The van der Waals surface area contributed by atoms with Crippen LogP contribution in [0.3, 0.4) is 0 Å². The summed E-state index contributed by atoms with van der Waals surface area (Å²) in [6, 6.07) is 10.8. The number of rotatable bonds is 2. The Bertz CT molecular complexity index is 637. The summed E-state index contributed by atoms with van der Waals surface area (Å²) in [4.78, 5) is 0. The average molecular weight is 307 g/mol. The van der Waals surface area contributed by atoms with E-state index in [1.165, 1.54) is 18.2 Å². The number of hydrogen-bond acceptors (Lipinski definition) is 3. The minimum absolute atomic E-state index is 0.341. The molecule has 2 aromatic carbocycles. The van der Waals surface area contributed by atoms with E-state index in [0.717, 1.165) is 0 Å². The van der Waals surface area contributed by atoms with Crippen LogP contribution in [0.2, 0.25) is 0 Å². The first-order valence-electron chi connectivity index (χ1n) is 5.02. The Hall–Kier alpha value is -2.06. The van der Waals surface area contributed by atoms with Gasteiger partial charge in [-0.05, 0) is 46.3 Å². The molecule has 0 bridgehead atoms.